The van der Waals surface area contributed by atoms with E-state index in [2.05, 4.69) is 14.9 Å². The van der Waals surface area contributed by atoms with Crippen LogP contribution < -0.4 is 14.4 Å². The molecule has 3 aliphatic rings. The summed E-state index contributed by atoms with van der Waals surface area (Å²) in [6.07, 6.45) is 7.29. The van der Waals surface area contributed by atoms with Crippen molar-refractivity contribution in [3.05, 3.63) is 41.7 Å². The molecule has 3 heterocycles. The van der Waals surface area contributed by atoms with Gasteiger partial charge in [-0.2, -0.15) is 0 Å². The molecule has 2 aromatic rings. The zero-order valence-corrected chi connectivity index (χ0v) is 22.0. The number of β-amino-alcohol motifs (C(OH)–C–C–N with tert-alkyl or cyclic N) is 1. The number of ether oxygens (including phenoxy) is 2. The van der Waals surface area contributed by atoms with Crippen molar-refractivity contribution in [1.29, 1.82) is 0 Å². The van der Waals surface area contributed by atoms with E-state index >= 15 is 0 Å². The molecule has 1 N–H and O–H groups in total. The number of piperidine rings is 1. The van der Waals surface area contributed by atoms with Crippen molar-refractivity contribution in [1.82, 2.24) is 14.9 Å². The molecule has 10 heteroatoms. The van der Waals surface area contributed by atoms with Gasteiger partial charge in [0.2, 0.25) is 11.9 Å². The molecule has 1 aromatic heterocycles. The highest BCUT2D eigenvalue weighted by molar-refractivity contribution is 5.80. The highest BCUT2D eigenvalue weighted by atomic mass is 19.1. The van der Waals surface area contributed by atoms with Gasteiger partial charge in [-0.3, -0.25) is 4.79 Å². The Morgan fingerprint density at radius 2 is 1.76 bits per heavy atom. The van der Waals surface area contributed by atoms with Crippen molar-refractivity contribution >= 4 is 11.9 Å². The van der Waals surface area contributed by atoms with Gasteiger partial charge in [-0.05, 0) is 57.3 Å². The number of halogens is 2. The molecule has 2 saturated heterocycles. The molecule has 2 atom stereocenters. The summed E-state index contributed by atoms with van der Waals surface area (Å²) in [6, 6.07) is 2.31. The van der Waals surface area contributed by atoms with Crippen LogP contribution in [0.4, 0.5) is 14.7 Å². The average molecular weight is 531 g/mol. The highest BCUT2D eigenvalue weighted by Crippen LogP contribution is 2.50. The van der Waals surface area contributed by atoms with Crippen LogP contribution in [0.5, 0.6) is 11.5 Å². The van der Waals surface area contributed by atoms with Crippen molar-refractivity contribution < 1.29 is 28.2 Å². The van der Waals surface area contributed by atoms with E-state index in [-0.39, 0.29) is 30.8 Å². The summed E-state index contributed by atoms with van der Waals surface area (Å²) < 4.78 is 40.2. The Bertz CT molecular complexity index is 1110. The number of rotatable bonds is 10. The normalized spacial score (nSPS) is 22.7. The largest absolute Gasteiger partial charge is 0.493 e. The third-order valence-corrected chi connectivity index (χ3v) is 7.95. The number of aliphatic hydroxyl groups is 1. The second-order valence-corrected chi connectivity index (χ2v) is 11.1. The minimum Gasteiger partial charge on any atom is -0.493 e. The van der Waals surface area contributed by atoms with Crippen LogP contribution in [0.1, 0.15) is 45.1 Å². The van der Waals surface area contributed by atoms with Gasteiger partial charge in [0, 0.05) is 30.8 Å². The van der Waals surface area contributed by atoms with Crippen LogP contribution in [-0.4, -0.2) is 70.9 Å². The molecule has 8 nitrogen and oxygen atoms in total. The third-order valence-electron chi connectivity index (χ3n) is 7.95. The lowest BCUT2D eigenvalue weighted by Crippen LogP contribution is -2.62. The van der Waals surface area contributed by atoms with E-state index < -0.39 is 23.1 Å². The lowest BCUT2D eigenvalue weighted by atomic mass is 9.90. The Labute approximate surface area is 222 Å². The molecule has 1 aromatic carbocycles. The van der Waals surface area contributed by atoms with E-state index in [9.17, 15) is 18.7 Å². The van der Waals surface area contributed by atoms with Crippen LogP contribution in [-0.2, 0) is 11.2 Å². The van der Waals surface area contributed by atoms with Gasteiger partial charge in [-0.15, -0.1) is 0 Å². The monoisotopic (exact) mass is 530 g/mol. The Hall–Kier alpha value is -3.01. The second-order valence-electron chi connectivity index (χ2n) is 11.1. The van der Waals surface area contributed by atoms with Crippen LogP contribution in [0.3, 0.4) is 0 Å². The van der Waals surface area contributed by atoms with E-state index in [0.29, 0.717) is 36.7 Å². The predicted molar refractivity (Wildman–Crippen MR) is 137 cm³/mol. The summed E-state index contributed by atoms with van der Waals surface area (Å²) in [5.41, 5.74) is -1.19. The summed E-state index contributed by atoms with van der Waals surface area (Å²) in [4.78, 5) is 24.7. The second kappa shape index (κ2) is 11.0. The maximum Gasteiger partial charge on any atom is 0.227 e. The molecule has 0 radical (unpaired) electrons. The first-order valence-electron chi connectivity index (χ1n) is 13.5. The first-order valence-corrected chi connectivity index (χ1v) is 13.5. The van der Waals surface area contributed by atoms with Gasteiger partial charge in [0.25, 0.3) is 0 Å². The van der Waals surface area contributed by atoms with Gasteiger partial charge in [0.15, 0.2) is 5.75 Å². The van der Waals surface area contributed by atoms with Crippen LogP contribution in [0, 0.1) is 29.4 Å². The minimum atomic E-state index is -0.922. The zero-order chi connectivity index (χ0) is 26.9. The summed E-state index contributed by atoms with van der Waals surface area (Å²) in [5, 5.41) is 9.77. The van der Waals surface area contributed by atoms with Gasteiger partial charge >= 0.3 is 0 Å². The number of hydrogen-bond acceptors (Lipinski definition) is 7. The van der Waals surface area contributed by atoms with Crippen LogP contribution in [0.25, 0.3) is 0 Å². The molecule has 5 rings (SSSR count). The first-order chi connectivity index (χ1) is 18.2. The van der Waals surface area contributed by atoms with Crippen LogP contribution >= 0.6 is 0 Å². The molecule has 38 heavy (non-hydrogen) atoms. The average Bonchev–Trinajstić information content (AvgIpc) is 3.65. The van der Waals surface area contributed by atoms with E-state index in [1.807, 2.05) is 6.92 Å². The predicted octanol–water partition coefficient (Wildman–Crippen LogP) is 3.61. The number of nitrogens with zero attached hydrogens (tertiary/aromatic N) is 4. The maximum atomic E-state index is 14.6. The van der Waals surface area contributed by atoms with Crippen molar-refractivity contribution in [2.75, 3.05) is 44.3 Å². The number of anilines is 1. The van der Waals surface area contributed by atoms with Crippen LogP contribution in [0.2, 0.25) is 0 Å². The van der Waals surface area contributed by atoms with Gasteiger partial charge in [0.05, 0.1) is 50.7 Å². The molecule has 3 fully saturated rings. The summed E-state index contributed by atoms with van der Waals surface area (Å²) >= 11 is 0. The minimum absolute atomic E-state index is 0.143. The number of benzene rings is 1. The van der Waals surface area contributed by atoms with Crippen molar-refractivity contribution in [2.45, 2.75) is 51.6 Å². The lowest BCUT2D eigenvalue weighted by Gasteiger charge is -2.44. The SMILES string of the molecule is CCOc1cnc(N2CCC([C@H]3C[C@H]3CCOc3cc(F)c(CC(=O)N4CC(C)(O)C4)c(F)c3)CC2)nc1. The quantitative estimate of drug-likeness (QED) is 0.502. The molecule has 0 unspecified atom stereocenters. The third kappa shape index (κ3) is 6.17. The molecular formula is C28H36F2N4O4. The van der Waals surface area contributed by atoms with E-state index in [1.54, 1.807) is 19.3 Å². The summed E-state index contributed by atoms with van der Waals surface area (Å²) in [5.74, 6) is 1.52. The summed E-state index contributed by atoms with van der Waals surface area (Å²) in [6.45, 7) is 6.77. The number of carbonyl (C=O) groups is 1. The number of amides is 1. The topological polar surface area (TPSA) is 88.0 Å². The number of aromatic nitrogens is 2. The maximum absolute atomic E-state index is 14.6. The fourth-order valence-corrected chi connectivity index (χ4v) is 5.80. The van der Waals surface area contributed by atoms with Gasteiger partial charge in [-0.1, -0.05) is 0 Å². The number of hydrogen-bond donors (Lipinski definition) is 1. The zero-order valence-electron chi connectivity index (χ0n) is 22.0. The Kier molecular flexibility index (Phi) is 7.70. The smallest absolute Gasteiger partial charge is 0.227 e. The lowest BCUT2D eigenvalue weighted by molar-refractivity contribution is -0.151. The fourth-order valence-electron chi connectivity index (χ4n) is 5.80. The van der Waals surface area contributed by atoms with Crippen molar-refractivity contribution in [3.8, 4) is 11.5 Å². The molecule has 0 bridgehead atoms. The molecule has 206 valence electrons. The molecule has 0 spiro atoms. The number of likely N-dealkylation sites (tertiary alicyclic amines) is 1. The Balaban J connectivity index is 1.03. The summed E-state index contributed by atoms with van der Waals surface area (Å²) in [7, 11) is 0. The molecule has 1 saturated carbocycles. The van der Waals surface area contributed by atoms with E-state index in [0.717, 1.165) is 50.4 Å². The fraction of sp³-hybridized carbons (Fsp3) is 0.607. The molecule has 2 aliphatic heterocycles. The molecule has 1 aliphatic carbocycles. The molecule has 1 amide bonds. The highest BCUT2D eigenvalue weighted by Gasteiger charge is 2.43. The van der Waals surface area contributed by atoms with Crippen molar-refractivity contribution in [3.63, 3.8) is 0 Å². The van der Waals surface area contributed by atoms with Crippen molar-refractivity contribution in [2.24, 2.45) is 17.8 Å². The van der Waals surface area contributed by atoms with E-state index in [1.165, 1.54) is 11.3 Å². The van der Waals surface area contributed by atoms with E-state index in [4.69, 9.17) is 9.47 Å². The first kappa shape index (κ1) is 26.6. The van der Waals surface area contributed by atoms with Gasteiger partial charge in [0.1, 0.15) is 17.4 Å². The number of carbonyl (C=O) groups excluding carboxylic acids is 1. The standard InChI is InChI=1S/C28H36F2N4O4/c1-3-37-21-14-31-27(32-15-21)33-7-4-18(5-8-33)22-10-19(22)6-9-38-20-11-24(29)23(25(30)12-20)13-26(35)34-16-28(2,36)17-34/h11-12,14-15,18-19,22,36H,3-10,13,16-17H2,1-2H3/t19-,22-/m1/s1. The van der Waals surface area contributed by atoms with Gasteiger partial charge < -0.3 is 24.4 Å². The molecular weight excluding hydrogens is 494 g/mol. The van der Waals surface area contributed by atoms with Crippen LogP contribution in [0.15, 0.2) is 24.5 Å². The Morgan fingerprint density at radius 1 is 1.11 bits per heavy atom. The Morgan fingerprint density at radius 3 is 2.37 bits per heavy atom. The van der Waals surface area contributed by atoms with Gasteiger partial charge in [-0.25, -0.2) is 18.7 Å².